The molecule has 6 nitrogen and oxygen atoms in total. The predicted octanol–water partition coefficient (Wildman–Crippen LogP) is 4.64. The first-order chi connectivity index (χ1) is 12.8. The Morgan fingerprint density at radius 2 is 1.81 bits per heavy atom. The average Bonchev–Trinajstić information content (AvgIpc) is 3.11. The quantitative estimate of drug-likeness (QED) is 0.556. The minimum atomic E-state index is -0.314. The third kappa shape index (κ3) is 5.05. The van der Waals surface area contributed by atoms with E-state index in [0.717, 1.165) is 23.4 Å². The van der Waals surface area contributed by atoms with Crippen LogP contribution in [0, 0.1) is 0 Å². The van der Waals surface area contributed by atoms with E-state index in [1.807, 2.05) is 24.3 Å². The van der Waals surface area contributed by atoms with Gasteiger partial charge in [0.2, 0.25) is 5.13 Å². The van der Waals surface area contributed by atoms with Gasteiger partial charge in [0.15, 0.2) is 0 Å². The van der Waals surface area contributed by atoms with Gasteiger partial charge in [-0.1, -0.05) is 62.5 Å². The first-order valence-corrected chi connectivity index (χ1v) is 9.93. The van der Waals surface area contributed by atoms with Crippen LogP contribution in [0.2, 0.25) is 0 Å². The molecule has 0 spiro atoms. The number of para-hydroxylation sites is 2. The van der Waals surface area contributed by atoms with Crippen molar-refractivity contribution >= 4 is 33.4 Å². The number of nitrogens with one attached hydrogen (secondary N) is 1. The molecule has 0 radical (unpaired) electrons. The molecule has 1 aromatic carbocycles. The van der Waals surface area contributed by atoms with Crippen molar-refractivity contribution in [1.82, 2.24) is 20.2 Å². The van der Waals surface area contributed by atoms with Crippen molar-refractivity contribution in [3.05, 3.63) is 41.2 Å². The Balaban J connectivity index is 1.52. The second kappa shape index (κ2) is 9.33. The molecule has 3 rings (SSSR count). The number of aryl methyl sites for hydroxylation is 1. The molecule has 1 amide bonds. The topological polar surface area (TPSA) is 80.7 Å². The lowest BCUT2D eigenvalue weighted by molar-refractivity contribution is 0.102. The summed E-state index contributed by atoms with van der Waals surface area (Å²) >= 11 is 1.43. The summed E-state index contributed by atoms with van der Waals surface area (Å²) in [6.45, 7) is 2.22. The highest BCUT2D eigenvalue weighted by molar-refractivity contribution is 7.15. The van der Waals surface area contributed by atoms with Crippen molar-refractivity contribution < 1.29 is 4.79 Å². The minimum absolute atomic E-state index is 0.274. The lowest BCUT2D eigenvalue weighted by atomic mass is 10.1. The number of nitrogens with zero attached hydrogens (tertiary/aromatic N) is 4. The summed E-state index contributed by atoms with van der Waals surface area (Å²) < 4.78 is 0. The van der Waals surface area contributed by atoms with Gasteiger partial charge in [0.25, 0.3) is 5.91 Å². The van der Waals surface area contributed by atoms with E-state index in [0.29, 0.717) is 10.6 Å². The van der Waals surface area contributed by atoms with E-state index in [-0.39, 0.29) is 11.6 Å². The van der Waals surface area contributed by atoms with Gasteiger partial charge in [-0.3, -0.25) is 15.1 Å². The number of fused-ring (bicyclic) bond motifs is 1. The zero-order valence-electron chi connectivity index (χ0n) is 14.9. The Morgan fingerprint density at radius 3 is 2.65 bits per heavy atom. The Hall–Kier alpha value is -2.41. The van der Waals surface area contributed by atoms with Crippen molar-refractivity contribution in [3.63, 3.8) is 0 Å². The maximum absolute atomic E-state index is 12.4. The third-order valence-electron chi connectivity index (χ3n) is 4.11. The highest BCUT2D eigenvalue weighted by Gasteiger charge is 2.12. The number of unbranched alkanes of at least 4 members (excludes halogenated alkanes) is 5. The number of benzene rings is 1. The second-order valence-electron chi connectivity index (χ2n) is 6.22. The Kier molecular flexibility index (Phi) is 6.60. The summed E-state index contributed by atoms with van der Waals surface area (Å²) in [5.74, 6) is -0.314. The summed E-state index contributed by atoms with van der Waals surface area (Å²) in [5.41, 5.74) is 1.73. The van der Waals surface area contributed by atoms with Crippen LogP contribution in [-0.2, 0) is 6.42 Å². The van der Waals surface area contributed by atoms with E-state index in [9.17, 15) is 4.79 Å². The second-order valence-corrected chi connectivity index (χ2v) is 7.28. The summed E-state index contributed by atoms with van der Waals surface area (Å²) in [6.07, 6.45) is 9.88. The van der Waals surface area contributed by atoms with E-state index >= 15 is 0 Å². The standard InChI is InChI=1S/C19H23N5OS/c1-2-3-4-5-6-7-12-17-23-24-19(26-17)22-18(25)16-13-20-14-10-8-9-11-15(14)21-16/h8-11,13H,2-7,12H2,1H3,(H,22,24,25). The van der Waals surface area contributed by atoms with Gasteiger partial charge >= 0.3 is 0 Å². The molecule has 0 aliphatic carbocycles. The maximum atomic E-state index is 12.4. The molecule has 1 N–H and O–H groups in total. The predicted molar refractivity (Wildman–Crippen MR) is 104 cm³/mol. The van der Waals surface area contributed by atoms with Gasteiger partial charge in [0.1, 0.15) is 10.7 Å². The smallest absolute Gasteiger partial charge is 0.277 e. The number of aromatic nitrogens is 4. The number of amides is 1. The van der Waals surface area contributed by atoms with Crippen LogP contribution >= 0.6 is 11.3 Å². The number of hydrogen-bond donors (Lipinski definition) is 1. The number of hydrogen-bond acceptors (Lipinski definition) is 6. The number of carbonyl (C=O) groups excluding carboxylic acids is 1. The Bertz CT molecular complexity index is 864. The van der Waals surface area contributed by atoms with Crippen LogP contribution in [0.4, 0.5) is 5.13 Å². The molecule has 0 aliphatic rings. The van der Waals surface area contributed by atoms with Crippen molar-refractivity contribution in [2.45, 2.75) is 51.9 Å². The normalized spacial score (nSPS) is 11.0. The molecule has 0 aliphatic heterocycles. The average molecular weight is 369 g/mol. The summed E-state index contributed by atoms with van der Waals surface area (Å²) in [5, 5.41) is 12.5. The first kappa shape index (κ1) is 18.4. The van der Waals surface area contributed by atoms with E-state index < -0.39 is 0 Å². The van der Waals surface area contributed by atoms with Gasteiger partial charge < -0.3 is 0 Å². The monoisotopic (exact) mass is 369 g/mol. The SMILES string of the molecule is CCCCCCCCc1nnc(NC(=O)c2cnc3ccccc3n2)s1. The van der Waals surface area contributed by atoms with Crippen LogP contribution in [0.25, 0.3) is 11.0 Å². The lowest BCUT2D eigenvalue weighted by Gasteiger charge is -2.01. The fourth-order valence-corrected chi connectivity index (χ4v) is 3.47. The largest absolute Gasteiger partial charge is 0.295 e. The molecule has 0 saturated heterocycles. The molecule has 0 atom stereocenters. The number of carbonyl (C=O) groups is 1. The van der Waals surface area contributed by atoms with Gasteiger partial charge in [-0.2, -0.15) is 0 Å². The van der Waals surface area contributed by atoms with Gasteiger partial charge in [-0.05, 0) is 18.6 Å². The van der Waals surface area contributed by atoms with Gasteiger partial charge in [0, 0.05) is 6.42 Å². The van der Waals surface area contributed by atoms with Gasteiger partial charge in [0.05, 0.1) is 17.2 Å². The van der Waals surface area contributed by atoms with Crippen LogP contribution < -0.4 is 5.32 Å². The zero-order valence-corrected chi connectivity index (χ0v) is 15.8. The van der Waals surface area contributed by atoms with Crippen LogP contribution in [0.1, 0.15) is 60.9 Å². The highest BCUT2D eigenvalue weighted by atomic mass is 32.1. The van der Waals surface area contributed by atoms with Crippen molar-refractivity contribution in [1.29, 1.82) is 0 Å². The summed E-state index contributed by atoms with van der Waals surface area (Å²) in [4.78, 5) is 21.0. The fourth-order valence-electron chi connectivity index (χ4n) is 2.69. The van der Waals surface area contributed by atoms with Gasteiger partial charge in [-0.15, -0.1) is 10.2 Å². The molecule has 0 fully saturated rings. The van der Waals surface area contributed by atoms with Crippen LogP contribution in [0.3, 0.4) is 0 Å². The molecular formula is C19H23N5OS. The zero-order chi connectivity index (χ0) is 18.2. The van der Waals surface area contributed by atoms with Crippen molar-refractivity contribution in [3.8, 4) is 0 Å². The molecule has 3 aromatic rings. The minimum Gasteiger partial charge on any atom is -0.295 e. The van der Waals surface area contributed by atoms with E-state index in [2.05, 4.69) is 32.4 Å². The highest BCUT2D eigenvalue weighted by Crippen LogP contribution is 2.19. The number of anilines is 1. The molecule has 26 heavy (non-hydrogen) atoms. The molecule has 0 bridgehead atoms. The van der Waals surface area contributed by atoms with E-state index in [4.69, 9.17) is 0 Å². The Labute approximate surface area is 157 Å². The van der Waals surface area contributed by atoms with E-state index in [1.54, 1.807) is 0 Å². The van der Waals surface area contributed by atoms with E-state index in [1.165, 1.54) is 49.6 Å². The lowest BCUT2D eigenvalue weighted by Crippen LogP contribution is -2.14. The summed E-state index contributed by atoms with van der Waals surface area (Å²) in [6, 6.07) is 7.47. The fraction of sp³-hybridized carbons (Fsp3) is 0.421. The molecule has 0 unspecified atom stereocenters. The Morgan fingerprint density at radius 1 is 1.04 bits per heavy atom. The molecule has 2 heterocycles. The molecule has 0 saturated carbocycles. The number of rotatable bonds is 9. The molecular weight excluding hydrogens is 346 g/mol. The van der Waals surface area contributed by atoms with Crippen LogP contribution in [0.15, 0.2) is 30.5 Å². The third-order valence-corrected chi connectivity index (χ3v) is 5.01. The maximum Gasteiger partial charge on any atom is 0.277 e. The first-order valence-electron chi connectivity index (χ1n) is 9.12. The molecule has 2 aromatic heterocycles. The molecule has 136 valence electrons. The van der Waals surface area contributed by atoms with Gasteiger partial charge in [-0.25, -0.2) is 4.98 Å². The van der Waals surface area contributed by atoms with Crippen LogP contribution in [-0.4, -0.2) is 26.1 Å². The van der Waals surface area contributed by atoms with Crippen molar-refractivity contribution in [2.75, 3.05) is 5.32 Å². The molecule has 7 heteroatoms. The summed E-state index contributed by atoms with van der Waals surface area (Å²) in [7, 11) is 0. The van der Waals surface area contributed by atoms with Crippen LogP contribution in [0.5, 0.6) is 0 Å². The van der Waals surface area contributed by atoms with Crippen molar-refractivity contribution in [2.24, 2.45) is 0 Å².